The third-order valence-corrected chi connectivity index (χ3v) is 3.26. The van der Waals surface area contributed by atoms with Crippen LogP contribution in [0.5, 0.6) is 0 Å². The van der Waals surface area contributed by atoms with Crippen molar-refractivity contribution in [3.05, 3.63) is 33.8 Å². The van der Waals surface area contributed by atoms with Crippen molar-refractivity contribution in [1.82, 2.24) is 4.98 Å². The molecule has 0 unspecified atom stereocenters. The number of thiazole rings is 1. The molecule has 2 rings (SSSR count). The second kappa shape index (κ2) is 4.58. The molecule has 0 aromatic carbocycles. The molecule has 2 aromatic rings. The fraction of sp³-hybridized carbons (Fsp3) is 0. The number of amides is 1. The molecule has 0 aliphatic rings. The Labute approximate surface area is 98.3 Å². The number of anilines is 2. The van der Waals surface area contributed by atoms with E-state index in [4.69, 9.17) is 5.21 Å². The number of carbonyl (C=O) groups is 1. The zero-order chi connectivity index (χ0) is 11.5. The van der Waals surface area contributed by atoms with E-state index in [0.717, 1.165) is 11.3 Å². The van der Waals surface area contributed by atoms with Crippen LogP contribution in [0.4, 0.5) is 10.1 Å². The molecule has 0 saturated carbocycles. The maximum absolute atomic E-state index is 11.6. The summed E-state index contributed by atoms with van der Waals surface area (Å²) in [6, 6.07) is 1.31. The smallest absolute Gasteiger partial charge is 0.258 e. The van der Waals surface area contributed by atoms with Crippen LogP contribution in [0.15, 0.2) is 23.0 Å². The van der Waals surface area contributed by atoms with Gasteiger partial charge < -0.3 is 10.4 Å². The molecule has 0 atom stereocenters. The van der Waals surface area contributed by atoms with E-state index >= 15 is 0 Å². The fourth-order valence-corrected chi connectivity index (χ4v) is 2.23. The van der Waals surface area contributed by atoms with Crippen LogP contribution in [0.3, 0.4) is 0 Å². The predicted molar refractivity (Wildman–Crippen MR) is 62.0 cm³/mol. The van der Waals surface area contributed by atoms with Crippen LogP contribution in [0.2, 0.25) is 0 Å². The molecule has 0 saturated heterocycles. The van der Waals surface area contributed by atoms with E-state index in [0.29, 0.717) is 10.7 Å². The number of nitrogens with one attached hydrogen (secondary N) is 1. The molecule has 0 spiro atoms. The van der Waals surface area contributed by atoms with Crippen molar-refractivity contribution < 1.29 is 10.0 Å². The zero-order valence-electron chi connectivity index (χ0n) is 7.78. The summed E-state index contributed by atoms with van der Waals surface area (Å²) in [7, 11) is 0. The minimum Gasteiger partial charge on any atom is -0.733 e. The van der Waals surface area contributed by atoms with Gasteiger partial charge in [-0.1, -0.05) is 0 Å². The van der Waals surface area contributed by atoms with Gasteiger partial charge in [-0.3, -0.25) is 15.3 Å². The van der Waals surface area contributed by atoms with Gasteiger partial charge in [-0.25, -0.2) is 4.98 Å². The van der Waals surface area contributed by atoms with Gasteiger partial charge in [-0.05, 0) is 6.07 Å². The van der Waals surface area contributed by atoms with E-state index in [9.17, 15) is 10.0 Å². The van der Waals surface area contributed by atoms with Crippen LogP contribution in [-0.4, -0.2) is 16.1 Å². The Kier molecular flexibility index (Phi) is 3.15. The molecule has 16 heavy (non-hydrogen) atoms. The topological polar surface area (TPSA) is 88.5 Å². The fourth-order valence-electron chi connectivity index (χ4n) is 0.999. The van der Waals surface area contributed by atoms with Crippen molar-refractivity contribution in [2.24, 2.45) is 0 Å². The number of aromatic nitrogens is 1. The molecule has 0 bridgehead atoms. The molecular formula is C8H6N3O3S2-. The average molecular weight is 256 g/mol. The van der Waals surface area contributed by atoms with Crippen LogP contribution in [0, 0.1) is 5.21 Å². The predicted octanol–water partition coefficient (Wildman–Crippen LogP) is 2.15. The third kappa shape index (κ3) is 2.36. The van der Waals surface area contributed by atoms with Gasteiger partial charge in [0.15, 0.2) is 5.13 Å². The van der Waals surface area contributed by atoms with Gasteiger partial charge in [0.2, 0.25) is 0 Å². The second-order valence-electron chi connectivity index (χ2n) is 2.74. The molecular weight excluding hydrogens is 250 g/mol. The number of hydrogen-bond donors (Lipinski definition) is 2. The summed E-state index contributed by atoms with van der Waals surface area (Å²) in [5, 5.41) is 25.2. The maximum Gasteiger partial charge on any atom is 0.258 e. The van der Waals surface area contributed by atoms with E-state index < -0.39 is 0 Å². The first-order chi connectivity index (χ1) is 7.66. The number of nitrogens with zero attached hydrogens (tertiary/aromatic N) is 2. The Hall–Kier alpha value is -1.48. The molecule has 0 radical (unpaired) electrons. The molecule has 2 N–H and O–H groups in total. The lowest BCUT2D eigenvalue weighted by atomic mass is 10.3. The largest absolute Gasteiger partial charge is 0.733 e. The van der Waals surface area contributed by atoms with Crippen LogP contribution in [-0.2, 0) is 0 Å². The Bertz CT molecular complexity index is 480. The molecule has 0 fully saturated rings. The summed E-state index contributed by atoms with van der Waals surface area (Å²) in [6.07, 6.45) is 1.58. The monoisotopic (exact) mass is 256 g/mol. The molecule has 0 aliphatic carbocycles. The number of rotatable bonds is 3. The summed E-state index contributed by atoms with van der Waals surface area (Å²) in [6.45, 7) is 0. The molecule has 8 heteroatoms. The zero-order valence-corrected chi connectivity index (χ0v) is 9.42. The highest BCUT2D eigenvalue weighted by molar-refractivity contribution is 7.14. The van der Waals surface area contributed by atoms with E-state index in [-0.39, 0.29) is 16.1 Å². The molecule has 6 nitrogen and oxygen atoms in total. The van der Waals surface area contributed by atoms with Gasteiger partial charge in [0.25, 0.3) is 5.91 Å². The highest BCUT2D eigenvalue weighted by Crippen LogP contribution is 2.24. The van der Waals surface area contributed by atoms with E-state index in [1.54, 1.807) is 11.6 Å². The molecule has 0 aliphatic heterocycles. The van der Waals surface area contributed by atoms with E-state index in [1.807, 2.05) is 0 Å². The van der Waals surface area contributed by atoms with E-state index in [1.165, 1.54) is 22.8 Å². The highest BCUT2D eigenvalue weighted by Gasteiger charge is 2.10. The Morgan fingerprint density at radius 2 is 2.38 bits per heavy atom. The number of hydrogen-bond acceptors (Lipinski definition) is 7. The lowest BCUT2D eigenvalue weighted by Crippen LogP contribution is -2.11. The Balaban J connectivity index is 2.09. The second-order valence-corrected chi connectivity index (χ2v) is 4.52. The molecule has 1 amide bonds. The van der Waals surface area contributed by atoms with Crippen LogP contribution >= 0.6 is 22.7 Å². The summed E-state index contributed by atoms with van der Waals surface area (Å²) >= 11 is 2.28. The lowest BCUT2D eigenvalue weighted by Gasteiger charge is -2.18. The quantitative estimate of drug-likeness (QED) is 0.821. The summed E-state index contributed by atoms with van der Waals surface area (Å²) in [5.74, 6) is -0.362. The Morgan fingerprint density at radius 3 is 2.94 bits per heavy atom. The van der Waals surface area contributed by atoms with Crippen molar-refractivity contribution in [3.63, 3.8) is 0 Å². The molecule has 2 aromatic heterocycles. The molecule has 2 heterocycles. The van der Waals surface area contributed by atoms with E-state index in [2.05, 4.69) is 10.3 Å². The summed E-state index contributed by atoms with van der Waals surface area (Å²) in [4.78, 5) is 15.5. The first kappa shape index (κ1) is 11.0. The summed E-state index contributed by atoms with van der Waals surface area (Å²) in [5.41, 5.74) is 0.310. The number of carbonyl (C=O) groups excluding carboxylic acids is 1. The van der Waals surface area contributed by atoms with Gasteiger partial charge in [0, 0.05) is 17.0 Å². The van der Waals surface area contributed by atoms with Crippen molar-refractivity contribution in [1.29, 1.82) is 0 Å². The highest BCUT2D eigenvalue weighted by atomic mass is 32.1. The lowest BCUT2D eigenvalue weighted by molar-refractivity contribution is 0.102. The first-order valence-electron chi connectivity index (χ1n) is 4.12. The molecule has 84 valence electrons. The maximum atomic E-state index is 11.6. The van der Waals surface area contributed by atoms with Crippen LogP contribution in [0.1, 0.15) is 10.4 Å². The minimum absolute atomic E-state index is 0.0595. The SMILES string of the molecule is O=C(Nc1nccs1)c1csc(N([O-])O)c1. The minimum atomic E-state index is -0.362. The van der Waals surface area contributed by atoms with Crippen molar-refractivity contribution in [2.45, 2.75) is 0 Å². The van der Waals surface area contributed by atoms with Crippen molar-refractivity contribution in [3.8, 4) is 0 Å². The average Bonchev–Trinajstić information content (AvgIpc) is 2.86. The van der Waals surface area contributed by atoms with Crippen LogP contribution < -0.4 is 10.5 Å². The Morgan fingerprint density at radius 1 is 1.56 bits per heavy atom. The van der Waals surface area contributed by atoms with Gasteiger partial charge in [0.1, 0.15) is 5.00 Å². The van der Waals surface area contributed by atoms with Gasteiger partial charge >= 0.3 is 0 Å². The van der Waals surface area contributed by atoms with Gasteiger partial charge in [-0.2, -0.15) is 0 Å². The number of thiophene rings is 1. The van der Waals surface area contributed by atoms with Crippen LogP contribution in [0.25, 0.3) is 0 Å². The normalized spacial score (nSPS) is 10.1. The standard InChI is InChI=1S/C8H6N3O3S2/c12-7(10-8-9-1-2-15-8)5-3-6(11(13)14)16-4-5/h1-4,13H,(H,9,10,12)/q-1. The van der Waals surface area contributed by atoms with Gasteiger partial charge in [0.05, 0.1) is 5.56 Å². The van der Waals surface area contributed by atoms with Gasteiger partial charge in [-0.15, -0.1) is 22.7 Å². The summed E-state index contributed by atoms with van der Waals surface area (Å²) < 4.78 is 0. The third-order valence-electron chi connectivity index (χ3n) is 1.69. The van der Waals surface area contributed by atoms with Crippen molar-refractivity contribution in [2.75, 3.05) is 10.5 Å². The first-order valence-corrected chi connectivity index (χ1v) is 5.88. The van der Waals surface area contributed by atoms with Crippen molar-refractivity contribution >= 4 is 38.7 Å².